The van der Waals surface area contributed by atoms with Crippen molar-refractivity contribution in [2.75, 3.05) is 15.4 Å². The molecule has 0 bridgehead atoms. The van der Waals surface area contributed by atoms with E-state index in [1.165, 1.54) is 30.3 Å². The number of carbonyl (C=O) groups excluding carboxylic acids is 1. The van der Waals surface area contributed by atoms with Crippen molar-refractivity contribution in [2.45, 2.75) is 4.90 Å². The second-order valence-electron chi connectivity index (χ2n) is 5.68. The highest BCUT2D eigenvalue weighted by Crippen LogP contribution is 2.31. The molecule has 0 saturated carbocycles. The van der Waals surface area contributed by atoms with Gasteiger partial charge in [-0.05, 0) is 48.5 Å². The van der Waals surface area contributed by atoms with Crippen molar-refractivity contribution >= 4 is 56.3 Å². The van der Waals surface area contributed by atoms with Crippen LogP contribution in [0.1, 0.15) is 0 Å². The van der Waals surface area contributed by atoms with Gasteiger partial charge in [0.1, 0.15) is 0 Å². The number of nitrogens with one attached hydrogen (secondary N) is 3. The summed E-state index contributed by atoms with van der Waals surface area (Å²) < 4.78 is 27.4. The number of carbonyl (C=O) groups is 1. The first kappa shape index (κ1) is 20.0. The van der Waals surface area contributed by atoms with Crippen molar-refractivity contribution in [3.05, 3.63) is 82.8 Å². The summed E-state index contributed by atoms with van der Waals surface area (Å²) in [5.74, 6) is 0. The first-order chi connectivity index (χ1) is 13.3. The number of sulfonamides is 1. The van der Waals surface area contributed by atoms with Crippen LogP contribution in [0.25, 0.3) is 0 Å². The van der Waals surface area contributed by atoms with Gasteiger partial charge in [0.15, 0.2) is 0 Å². The van der Waals surface area contributed by atoms with E-state index in [1.54, 1.807) is 36.4 Å². The van der Waals surface area contributed by atoms with E-state index in [0.717, 1.165) is 0 Å². The molecule has 28 heavy (non-hydrogen) atoms. The van der Waals surface area contributed by atoms with Crippen LogP contribution in [0.3, 0.4) is 0 Å². The summed E-state index contributed by atoms with van der Waals surface area (Å²) >= 11 is 11.9. The Bertz CT molecular complexity index is 1090. The lowest BCUT2D eigenvalue weighted by Crippen LogP contribution is -2.19. The van der Waals surface area contributed by atoms with Gasteiger partial charge in [0.05, 0.1) is 20.6 Å². The summed E-state index contributed by atoms with van der Waals surface area (Å²) in [5.41, 5.74) is 1.26. The van der Waals surface area contributed by atoms with Crippen LogP contribution in [-0.4, -0.2) is 14.4 Å². The van der Waals surface area contributed by atoms with Gasteiger partial charge >= 0.3 is 6.03 Å². The molecule has 3 aromatic rings. The molecule has 0 saturated heterocycles. The zero-order valence-corrected chi connectivity index (χ0v) is 16.6. The molecule has 6 nitrogen and oxygen atoms in total. The number of hydrogen-bond acceptors (Lipinski definition) is 3. The molecule has 0 aliphatic carbocycles. The molecule has 0 unspecified atom stereocenters. The minimum absolute atomic E-state index is 0.0116. The largest absolute Gasteiger partial charge is 0.323 e. The van der Waals surface area contributed by atoms with Gasteiger partial charge in [-0.25, -0.2) is 13.2 Å². The van der Waals surface area contributed by atoms with E-state index in [2.05, 4.69) is 15.4 Å². The second-order valence-corrected chi connectivity index (χ2v) is 8.14. The Morgan fingerprint density at radius 2 is 1.36 bits per heavy atom. The fourth-order valence-corrected chi connectivity index (χ4v) is 3.79. The van der Waals surface area contributed by atoms with Gasteiger partial charge in [0, 0.05) is 11.4 Å². The van der Waals surface area contributed by atoms with Gasteiger partial charge in [-0.2, -0.15) is 0 Å². The van der Waals surface area contributed by atoms with Crippen LogP contribution in [0.5, 0.6) is 0 Å². The summed E-state index contributed by atoms with van der Waals surface area (Å²) in [7, 11) is -3.87. The number of urea groups is 1. The van der Waals surface area contributed by atoms with Gasteiger partial charge in [-0.3, -0.25) is 4.72 Å². The standard InChI is InChI=1S/C19H15Cl2N3O3S/c20-16-7-4-8-17(18(16)21)24-28(26,27)15-11-9-14(10-12-15)23-19(25)22-13-5-2-1-3-6-13/h1-12,24H,(H2,22,23,25). The van der Waals surface area contributed by atoms with Crippen LogP contribution in [-0.2, 0) is 10.0 Å². The van der Waals surface area contributed by atoms with E-state index in [4.69, 9.17) is 23.2 Å². The lowest BCUT2D eigenvalue weighted by atomic mass is 10.3. The Hall–Kier alpha value is -2.74. The zero-order valence-electron chi connectivity index (χ0n) is 14.3. The minimum atomic E-state index is -3.87. The Morgan fingerprint density at radius 3 is 2.00 bits per heavy atom. The Morgan fingerprint density at radius 1 is 0.750 bits per heavy atom. The van der Waals surface area contributed by atoms with Crippen LogP contribution in [0.4, 0.5) is 21.9 Å². The van der Waals surface area contributed by atoms with Crippen molar-refractivity contribution < 1.29 is 13.2 Å². The molecule has 0 aromatic heterocycles. The van der Waals surface area contributed by atoms with Gasteiger partial charge in [0.25, 0.3) is 10.0 Å². The van der Waals surface area contributed by atoms with E-state index in [9.17, 15) is 13.2 Å². The normalized spacial score (nSPS) is 10.9. The topological polar surface area (TPSA) is 87.3 Å². The number of rotatable bonds is 5. The van der Waals surface area contributed by atoms with E-state index in [1.807, 2.05) is 6.07 Å². The smallest absolute Gasteiger partial charge is 0.308 e. The maximum Gasteiger partial charge on any atom is 0.323 e. The number of para-hydroxylation sites is 1. The number of hydrogen-bond donors (Lipinski definition) is 3. The summed E-state index contributed by atoms with van der Waals surface area (Å²) in [4.78, 5) is 12.0. The van der Waals surface area contributed by atoms with Crippen molar-refractivity contribution in [1.29, 1.82) is 0 Å². The molecule has 3 aromatic carbocycles. The molecule has 3 rings (SSSR count). The second kappa shape index (κ2) is 8.52. The summed E-state index contributed by atoms with van der Waals surface area (Å²) in [6, 6.07) is 18.9. The third-order valence-corrected chi connectivity index (χ3v) is 5.85. The molecule has 9 heteroatoms. The van der Waals surface area contributed by atoms with Gasteiger partial charge < -0.3 is 10.6 Å². The average Bonchev–Trinajstić information content (AvgIpc) is 2.66. The van der Waals surface area contributed by atoms with Gasteiger partial charge in [-0.1, -0.05) is 47.5 Å². The lowest BCUT2D eigenvalue weighted by Gasteiger charge is -2.11. The molecule has 2 amide bonds. The predicted octanol–water partition coefficient (Wildman–Crippen LogP) is 5.44. The monoisotopic (exact) mass is 435 g/mol. The van der Waals surface area contributed by atoms with Crippen molar-refractivity contribution in [1.82, 2.24) is 0 Å². The van der Waals surface area contributed by atoms with Crippen LogP contribution >= 0.6 is 23.2 Å². The van der Waals surface area contributed by atoms with Crippen molar-refractivity contribution in [3.8, 4) is 0 Å². The van der Waals surface area contributed by atoms with E-state index >= 15 is 0 Å². The summed E-state index contributed by atoms with van der Waals surface area (Å²) in [6.07, 6.45) is 0. The molecule has 0 atom stereocenters. The van der Waals surface area contributed by atoms with E-state index in [-0.39, 0.29) is 20.6 Å². The molecular weight excluding hydrogens is 421 g/mol. The summed E-state index contributed by atoms with van der Waals surface area (Å²) in [5, 5.41) is 5.66. The van der Waals surface area contributed by atoms with Crippen molar-refractivity contribution in [3.63, 3.8) is 0 Å². The van der Waals surface area contributed by atoms with Gasteiger partial charge in [0.2, 0.25) is 0 Å². The first-order valence-corrected chi connectivity index (χ1v) is 10.3. The number of halogens is 2. The maximum atomic E-state index is 12.5. The molecule has 0 heterocycles. The fourth-order valence-electron chi connectivity index (χ4n) is 2.32. The van der Waals surface area contributed by atoms with E-state index < -0.39 is 16.1 Å². The highest BCUT2D eigenvalue weighted by Gasteiger charge is 2.17. The molecule has 0 aliphatic heterocycles. The quantitative estimate of drug-likeness (QED) is 0.498. The molecular formula is C19H15Cl2N3O3S. The highest BCUT2D eigenvalue weighted by atomic mass is 35.5. The predicted molar refractivity (Wildman–Crippen MR) is 113 cm³/mol. The Labute approximate surface area is 172 Å². The van der Waals surface area contributed by atoms with Crippen LogP contribution in [0, 0.1) is 0 Å². The van der Waals surface area contributed by atoms with E-state index in [0.29, 0.717) is 11.4 Å². The molecule has 144 valence electrons. The Balaban J connectivity index is 1.69. The third kappa shape index (κ3) is 4.95. The Kier molecular flexibility index (Phi) is 6.08. The SMILES string of the molecule is O=C(Nc1ccccc1)Nc1ccc(S(=O)(=O)Nc2cccc(Cl)c2Cl)cc1. The third-order valence-electron chi connectivity index (χ3n) is 3.65. The van der Waals surface area contributed by atoms with Crippen LogP contribution in [0.15, 0.2) is 77.7 Å². The molecule has 0 fully saturated rings. The first-order valence-electron chi connectivity index (χ1n) is 8.05. The zero-order chi connectivity index (χ0) is 20.1. The number of anilines is 3. The maximum absolute atomic E-state index is 12.5. The molecule has 0 aliphatic rings. The van der Waals surface area contributed by atoms with Crippen LogP contribution in [0.2, 0.25) is 10.0 Å². The van der Waals surface area contributed by atoms with Crippen LogP contribution < -0.4 is 15.4 Å². The average molecular weight is 436 g/mol. The van der Waals surface area contributed by atoms with Gasteiger partial charge in [-0.15, -0.1) is 0 Å². The fraction of sp³-hybridized carbons (Fsp3) is 0. The molecule has 0 radical (unpaired) electrons. The number of amides is 2. The minimum Gasteiger partial charge on any atom is -0.308 e. The molecule has 0 spiro atoms. The lowest BCUT2D eigenvalue weighted by molar-refractivity contribution is 0.262. The highest BCUT2D eigenvalue weighted by molar-refractivity contribution is 7.92. The number of benzene rings is 3. The molecule has 3 N–H and O–H groups in total. The summed E-state index contributed by atoms with van der Waals surface area (Å²) in [6.45, 7) is 0. The van der Waals surface area contributed by atoms with Crippen molar-refractivity contribution in [2.24, 2.45) is 0 Å².